The number of carbonyl (C=O) groups excluding carboxylic acids is 1. The molecule has 0 aromatic carbocycles. The molecule has 0 aromatic heterocycles. The number of rotatable bonds is 4. The minimum atomic E-state index is -0.887. The lowest BCUT2D eigenvalue weighted by Crippen LogP contribution is -2.47. The normalized spacial score (nSPS) is 20.6. The van der Waals surface area contributed by atoms with Crippen LogP contribution >= 0.6 is 0 Å². The molecule has 1 unspecified atom stereocenters. The Morgan fingerprint density at radius 3 is 2.37 bits per heavy atom. The van der Waals surface area contributed by atoms with Crippen LogP contribution in [0.3, 0.4) is 0 Å². The predicted molar refractivity (Wildman–Crippen MR) is 74.0 cm³/mol. The van der Waals surface area contributed by atoms with Gasteiger partial charge in [0, 0.05) is 19.6 Å². The monoisotopic (exact) mass is 270 g/mol. The van der Waals surface area contributed by atoms with Crippen LogP contribution in [0.25, 0.3) is 0 Å². The van der Waals surface area contributed by atoms with Crippen molar-refractivity contribution in [1.82, 2.24) is 10.2 Å². The molecule has 1 aliphatic carbocycles. The van der Waals surface area contributed by atoms with Crippen LogP contribution in [-0.2, 0) is 4.79 Å². The molecular formula is C14H26N2O3. The molecule has 0 aromatic rings. The topological polar surface area (TPSA) is 69.6 Å². The van der Waals surface area contributed by atoms with Crippen LogP contribution in [-0.4, -0.2) is 41.6 Å². The average Bonchev–Trinajstić information content (AvgIpc) is 2.34. The minimum absolute atomic E-state index is 0.169. The number of aliphatic carboxylic acids is 1. The number of hydrogen-bond acceptors (Lipinski definition) is 2. The number of carboxylic acids is 1. The molecule has 1 atom stereocenters. The fourth-order valence-corrected chi connectivity index (χ4v) is 2.39. The highest BCUT2D eigenvalue weighted by Crippen LogP contribution is 2.36. The lowest BCUT2D eigenvalue weighted by Gasteiger charge is -2.38. The first-order valence-corrected chi connectivity index (χ1v) is 6.96. The predicted octanol–water partition coefficient (Wildman–Crippen LogP) is 2.32. The van der Waals surface area contributed by atoms with Crippen molar-refractivity contribution in [3.63, 3.8) is 0 Å². The fourth-order valence-electron chi connectivity index (χ4n) is 2.39. The van der Waals surface area contributed by atoms with Crippen LogP contribution < -0.4 is 5.32 Å². The molecule has 1 fully saturated rings. The highest BCUT2D eigenvalue weighted by molar-refractivity contribution is 5.76. The van der Waals surface area contributed by atoms with Gasteiger partial charge in [0.1, 0.15) is 0 Å². The molecule has 0 bridgehead atoms. The van der Waals surface area contributed by atoms with Gasteiger partial charge < -0.3 is 15.3 Å². The molecule has 2 N–H and O–H groups in total. The van der Waals surface area contributed by atoms with Gasteiger partial charge in [0.15, 0.2) is 0 Å². The standard InChI is InChI=1S/C14H26N2O3/c1-10(12(17)18)9-15-13(19)16(4)11-5-7-14(2,3)8-6-11/h10-11H,5-9H2,1-4H3,(H,15,19)(H,17,18). The van der Waals surface area contributed by atoms with E-state index in [0.717, 1.165) is 25.7 Å². The van der Waals surface area contributed by atoms with Gasteiger partial charge in [-0.25, -0.2) is 4.79 Å². The van der Waals surface area contributed by atoms with Crippen LogP contribution in [0.4, 0.5) is 4.79 Å². The van der Waals surface area contributed by atoms with E-state index in [-0.39, 0.29) is 18.6 Å². The molecule has 19 heavy (non-hydrogen) atoms. The van der Waals surface area contributed by atoms with E-state index in [4.69, 9.17) is 5.11 Å². The lowest BCUT2D eigenvalue weighted by molar-refractivity contribution is -0.140. The van der Waals surface area contributed by atoms with Crippen molar-refractivity contribution in [2.45, 2.75) is 52.5 Å². The SMILES string of the molecule is CC(CNC(=O)N(C)C1CCC(C)(C)CC1)C(=O)O. The second kappa shape index (κ2) is 6.26. The van der Waals surface area contributed by atoms with Crippen LogP contribution in [0, 0.1) is 11.3 Å². The molecule has 0 heterocycles. The molecule has 1 rings (SSSR count). The van der Waals surface area contributed by atoms with E-state index in [1.165, 1.54) is 0 Å². The zero-order chi connectivity index (χ0) is 14.6. The number of nitrogens with one attached hydrogen (secondary N) is 1. The molecule has 5 nitrogen and oxygen atoms in total. The van der Waals surface area contributed by atoms with E-state index >= 15 is 0 Å². The summed E-state index contributed by atoms with van der Waals surface area (Å²) in [6, 6.07) is 0.103. The summed E-state index contributed by atoms with van der Waals surface area (Å²) in [7, 11) is 1.80. The smallest absolute Gasteiger partial charge is 0.317 e. The Labute approximate surface area is 115 Å². The number of nitrogens with zero attached hydrogens (tertiary/aromatic N) is 1. The van der Waals surface area contributed by atoms with Crippen LogP contribution in [0.15, 0.2) is 0 Å². The van der Waals surface area contributed by atoms with Crippen molar-refractivity contribution < 1.29 is 14.7 Å². The second-order valence-electron chi connectivity index (χ2n) is 6.43. The Balaban J connectivity index is 2.39. The van der Waals surface area contributed by atoms with Crippen molar-refractivity contribution in [3.8, 4) is 0 Å². The summed E-state index contributed by atoms with van der Waals surface area (Å²) in [6.07, 6.45) is 4.29. The van der Waals surface area contributed by atoms with Gasteiger partial charge in [0.25, 0.3) is 0 Å². The summed E-state index contributed by atoms with van der Waals surface area (Å²) >= 11 is 0. The maximum atomic E-state index is 12.0. The van der Waals surface area contributed by atoms with Crippen LogP contribution in [0.2, 0.25) is 0 Å². The number of hydrogen-bond donors (Lipinski definition) is 2. The van der Waals surface area contributed by atoms with E-state index in [1.54, 1.807) is 18.9 Å². The molecule has 5 heteroatoms. The van der Waals surface area contributed by atoms with Crippen molar-refractivity contribution in [3.05, 3.63) is 0 Å². The van der Waals surface area contributed by atoms with Gasteiger partial charge in [-0.15, -0.1) is 0 Å². The highest BCUT2D eigenvalue weighted by atomic mass is 16.4. The Morgan fingerprint density at radius 1 is 1.37 bits per heavy atom. The third-order valence-corrected chi connectivity index (χ3v) is 4.16. The van der Waals surface area contributed by atoms with Crippen LogP contribution in [0.1, 0.15) is 46.5 Å². The van der Waals surface area contributed by atoms with Crippen molar-refractivity contribution >= 4 is 12.0 Å². The second-order valence-corrected chi connectivity index (χ2v) is 6.43. The van der Waals surface area contributed by atoms with Gasteiger partial charge in [0.2, 0.25) is 0 Å². The molecule has 1 aliphatic rings. The lowest BCUT2D eigenvalue weighted by atomic mass is 9.75. The van der Waals surface area contributed by atoms with E-state index in [9.17, 15) is 9.59 Å². The van der Waals surface area contributed by atoms with Gasteiger partial charge >= 0.3 is 12.0 Å². The van der Waals surface area contributed by atoms with Crippen molar-refractivity contribution in [2.75, 3.05) is 13.6 Å². The maximum Gasteiger partial charge on any atom is 0.317 e. The molecular weight excluding hydrogens is 244 g/mol. The maximum absolute atomic E-state index is 12.0. The summed E-state index contributed by atoms with van der Waals surface area (Å²) < 4.78 is 0. The van der Waals surface area contributed by atoms with Gasteiger partial charge in [-0.05, 0) is 31.1 Å². The summed E-state index contributed by atoms with van der Waals surface area (Å²) in [5, 5.41) is 11.5. The van der Waals surface area contributed by atoms with E-state index < -0.39 is 11.9 Å². The summed E-state index contributed by atoms with van der Waals surface area (Å²) in [5.41, 5.74) is 0.381. The van der Waals surface area contributed by atoms with Crippen molar-refractivity contribution in [1.29, 1.82) is 0 Å². The zero-order valence-corrected chi connectivity index (χ0v) is 12.4. The first kappa shape index (κ1) is 15.8. The average molecular weight is 270 g/mol. The molecule has 110 valence electrons. The Morgan fingerprint density at radius 2 is 1.89 bits per heavy atom. The third kappa shape index (κ3) is 4.73. The minimum Gasteiger partial charge on any atom is -0.481 e. The van der Waals surface area contributed by atoms with E-state index in [2.05, 4.69) is 19.2 Å². The van der Waals surface area contributed by atoms with Gasteiger partial charge in [-0.3, -0.25) is 4.79 Å². The molecule has 0 spiro atoms. The van der Waals surface area contributed by atoms with E-state index in [1.807, 2.05) is 0 Å². The summed E-state index contributed by atoms with van der Waals surface area (Å²) in [5.74, 6) is -1.44. The van der Waals surface area contributed by atoms with Crippen LogP contribution in [0.5, 0.6) is 0 Å². The fraction of sp³-hybridized carbons (Fsp3) is 0.857. The third-order valence-electron chi connectivity index (χ3n) is 4.16. The highest BCUT2D eigenvalue weighted by Gasteiger charge is 2.30. The Hall–Kier alpha value is -1.26. The quantitative estimate of drug-likeness (QED) is 0.823. The number of carboxylic acid groups (broad SMARTS) is 1. The molecule has 0 aliphatic heterocycles. The first-order valence-electron chi connectivity index (χ1n) is 6.96. The Bertz CT molecular complexity index is 332. The first-order chi connectivity index (χ1) is 8.73. The number of carbonyl (C=O) groups is 2. The van der Waals surface area contributed by atoms with Gasteiger partial charge in [-0.1, -0.05) is 20.8 Å². The van der Waals surface area contributed by atoms with E-state index in [0.29, 0.717) is 5.41 Å². The molecule has 2 amide bonds. The summed E-state index contributed by atoms with van der Waals surface area (Å²) in [6.45, 7) is 6.29. The Kier molecular flexibility index (Phi) is 5.20. The van der Waals surface area contributed by atoms with Gasteiger partial charge in [-0.2, -0.15) is 0 Å². The largest absolute Gasteiger partial charge is 0.481 e. The summed E-state index contributed by atoms with van der Waals surface area (Å²) in [4.78, 5) is 24.4. The molecule has 0 radical (unpaired) electrons. The van der Waals surface area contributed by atoms with Gasteiger partial charge in [0.05, 0.1) is 5.92 Å². The number of amides is 2. The molecule has 1 saturated carbocycles. The van der Waals surface area contributed by atoms with Crippen molar-refractivity contribution in [2.24, 2.45) is 11.3 Å². The zero-order valence-electron chi connectivity index (χ0n) is 12.4. The number of urea groups is 1. The molecule has 0 saturated heterocycles.